The fraction of sp³-hybridized carbons (Fsp3) is 0.500. The predicted molar refractivity (Wildman–Crippen MR) is 62.5 cm³/mol. The van der Waals surface area contributed by atoms with Crippen LogP contribution in [0, 0.1) is 6.92 Å². The Hall–Kier alpha value is 0.0200. The number of nitrogens with one attached hydrogen (secondary N) is 1. The van der Waals surface area contributed by atoms with Gasteiger partial charge in [0.25, 0.3) is 0 Å². The summed E-state index contributed by atoms with van der Waals surface area (Å²) >= 11 is 4.32. The molecule has 0 fully saturated rings. The van der Waals surface area contributed by atoms with Gasteiger partial charge in [-0.2, -0.15) is 0 Å². The van der Waals surface area contributed by atoms with Crippen LogP contribution in [0.1, 0.15) is 12.5 Å². The summed E-state index contributed by atoms with van der Waals surface area (Å²) in [5.41, 5.74) is 0.658. The highest BCUT2D eigenvalue weighted by atomic mass is 79.9. The van der Waals surface area contributed by atoms with E-state index in [2.05, 4.69) is 20.7 Å². The zero-order valence-corrected chi connectivity index (χ0v) is 11.5. The number of hydrogen-bond donors (Lipinski definition) is 1. The van der Waals surface area contributed by atoms with Gasteiger partial charge in [0.1, 0.15) is 10.4 Å². The Balaban J connectivity index is 2.91. The molecule has 15 heavy (non-hydrogen) atoms. The first kappa shape index (κ1) is 13.1. The highest BCUT2D eigenvalue weighted by Gasteiger charge is 2.20. The van der Waals surface area contributed by atoms with Gasteiger partial charge in [0.2, 0.25) is 10.0 Å². The number of alkyl halides is 1. The van der Waals surface area contributed by atoms with Gasteiger partial charge in [0, 0.05) is 6.54 Å². The fourth-order valence-electron chi connectivity index (χ4n) is 0.985. The zero-order valence-electron chi connectivity index (χ0n) is 8.25. The average molecular weight is 316 g/mol. The van der Waals surface area contributed by atoms with E-state index in [1.165, 1.54) is 6.92 Å². The Morgan fingerprint density at radius 1 is 1.67 bits per heavy atom. The predicted octanol–water partition coefficient (Wildman–Crippen LogP) is 2.46. The number of aryl methyl sites for hydroxylation is 1. The summed E-state index contributed by atoms with van der Waals surface area (Å²) in [7, 11) is -3.57. The van der Waals surface area contributed by atoms with Gasteiger partial charge in [-0.25, -0.2) is 17.5 Å². The molecule has 0 bridgehead atoms. The quantitative estimate of drug-likeness (QED) is 0.927. The average Bonchev–Trinajstić information content (AvgIpc) is 2.43. The molecule has 0 spiro atoms. The Morgan fingerprint density at radius 3 is 2.67 bits per heavy atom. The highest BCUT2D eigenvalue weighted by Crippen LogP contribution is 2.30. The van der Waals surface area contributed by atoms with Crippen molar-refractivity contribution in [3.8, 4) is 0 Å². The van der Waals surface area contributed by atoms with Crippen LogP contribution in [-0.4, -0.2) is 21.1 Å². The van der Waals surface area contributed by atoms with E-state index >= 15 is 0 Å². The molecule has 0 aliphatic heterocycles. The van der Waals surface area contributed by atoms with Crippen molar-refractivity contribution in [2.75, 3.05) is 6.54 Å². The number of hydrogen-bond acceptors (Lipinski definition) is 3. The van der Waals surface area contributed by atoms with Crippen LogP contribution in [0.4, 0.5) is 4.39 Å². The van der Waals surface area contributed by atoms with Crippen LogP contribution >= 0.6 is 27.3 Å². The minimum atomic E-state index is -3.57. The van der Waals surface area contributed by atoms with E-state index in [4.69, 9.17) is 0 Å². The van der Waals surface area contributed by atoms with E-state index < -0.39 is 16.2 Å². The van der Waals surface area contributed by atoms with Gasteiger partial charge < -0.3 is 0 Å². The first-order valence-corrected chi connectivity index (χ1v) is 7.32. The summed E-state index contributed by atoms with van der Waals surface area (Å²) in [6, 6.07) is 1.72. The van der Waals surface area contributed by atoms with Gasteiger partial charge in [-0.15, -0.1) is 11.3 Å². The summed E-state index contributed by atoms with van der Waals surface area (Å²) in [6.07, 6.45) is -1.19. The molecule has 1 heterocycles. The van der Waals surface area contributed by atoms with Crippen molar-refractivity contribution >= 4 is 37.3 Å². The van der Waals surface area contributed by atoms with E-state index in [-0.39, 0.29) is 10.8 Å². The largest absolute Gasteiger partial charge is 0.250 e. The Bertz CT molecular complexity index is 441. The molecule has 1 N–H and O–H groups in total. The molecular weight excluding hydrogens is 305 g/mol. The summed E-state index contributed by atoms with van der Waals surface area (Å²) in [6.45, 7) is 2.81. The maximum absolute atomic E-state index is 12.5. The third-order valence-corrected chi connectivity index (χ3v) is 5.44. The van der Waals surface area contributed by atoms with Crippen molar-refractivity contribution in [1.29, 1.82) is 0 Å². The molecule has 1 aromatic rings. The summed E-state index contributed by atoms with van der Waals surface area (Å²) in [4.78, 5) is 0. The maximum atomic E-state index is 12.5. The Labute approximate surface area is 101 Å². The van der Waals surface area contributed by atoms with E-state index in [0.717, 1.165) is 15.1 Å². The zero-order chi connectivity index (χ0) is 11.6. The Kier molecular flexibility index (Phi) is 4.28. The molecule has 3 nitrogen and oxygen atoms in total. The number of rotatable bonds is 4. The molecule has 7 heteroatoms. The number of thiophene rings is 1. The van der Waals surface area contributed by atoms with Crippen molar-refractivity contribution in [2.24, 2.45) is 0 Å². The van der Waals surface area contributed by atoms with E-state index in [9.17, 15) is 12.8 Å². The topological polar surface area (TPSA) is 46.2 Å². The van der Waals surface area contributed by atoms with Gasteiger partial charge >= 0.3 is 0 Å². The fourth-order valence-corrected chi connectivity index (χ4v) is 4.72. The Morgan fingerprint density at radius 2 is 2.27 bits per heavy atom. The van der Waals surface area contributed by atoms with Gasteiger partial charge in [-0.1, -0.05) is 0 Å². The first-order chi connectivity index (χ1) is 6.83. The van der Waals surface area contributed by atoms with Crippen LogP contribution in [0.2, 0.25) is 0 Å². The molecule has 0 aliphatic rings. The van der Waals surface area contributed by atoms with Crippen LogP contribution in [0.5, 0.6) is 0 Å². The van der Waals surface area contributed by atoms with E-state index in [1.807, 2.05) is 0 Å². The molecule has 1 rings (SSSR count). The van der Waals surface area contributed by atoms with Crippen LogP contribution in [0.3, 0.4) is 0 Å². The van der Waals surface area contributed by atoms with Crippen LogP contribution in [-0.2, 0) is 10.0 Å². The summed E-state index contributed by atoms with van der Waals surface area (Å²) in [5.74, 6) is 0. The van der Waals surface area contributed by atoms with Crippen molar-refractivity contribution in [3.05, 3.63) is 15.4 Å². The van der Waals surface area contributed by atoms with Gasteiger partial charge in [-0.3, -0.25) is 0 Å². The van der Waals surface area contributed by atoms with E-state index in [1.54, 1.807) is 13.0 Å². The van der Waals surface area contributed by atoms with Crippen LogP contribution < -0.4 is 4.72 Å². The van der Waals surface area contributed by atoms with Gasteiger partial charge in [0.05, 0.1) is 3.79 Å². The number of halogens is 2. The minimum Gasteiger partial charge on any atom is -0.246 e. The molecule has 0 radical (unpaired) electrons. The second-order valence-electron chi connectivity index (χ2n) is 3.15. The molecule has 0 aromatic carbocycles. The van der Waals surface area contributed by atoms with E-state index in [0.29, 0.717) is 5.56 Å². The first-order valence-electron chi connectivity index (χ1n) is 4.22. The maximum Gasteiger partial charge on any atom is 0.250 e. The van der Waals surface area contributed by atoms with Crippen molar-refractivity contribution < 1.29 is 12.8 Å². The van der Waals surface area contributed by atoms with Crippen LogP contribution in [0.15, 0.2) is 14.1 Å². The molecule has 0 amide bonds. The lowest BCUT2D eigenvalue weighted by atomic mass is 10.4. The summed E-state index contributed by atoms with van der Waals surface area (Å²) in [5, 5.41) is 0. The molecule has 1 aromatic heterocycles. The molecule has 1 atom stereocenters. The molecule has 0 aliphatic carbocycles. The number of sulfonamides is 1. The monoisotopic (exact) mass is 315 g/mol. The van der Waals surface area contributed by atoms with Crippen molar-refractivity contribution in [2.45, 2.75) is 24.2 Å². The highest BCUT2D eigenvalue weighted by molar-refractivity contribution is 9.11. The molecule has 0 saturated carbocycles. The molecule has 0 saturated heterocycles. The van der Waals surface area contributed by atoms with Crippen LogP contribution in [0.25, 0.3) is 0 Å². The smallest absolute Gasteiger partial charge is 0.246 e. The molecule has 1 unspecified atom stereocenters. The lowest BCUT2D eigenvalue weighted by molar-refractivity contribution is 0.360. The SMILES string of the molecule is Cc1cc(Br)sc1S(=O)(=O)NCC(C)F. The molecular formula is C8H11BrFNO2S2. The second-order valence-corrected chi connectivity index (χ2v) is 7.55. The molecule has 86 valence electrons. The lowest BCUT2D eigenvalue weighted by Gasteiger charge is -2.05. The second kappa shape index (κ2) is 4.90. The van der Waals surface area contributed by atoms with Gasteiger partial charge in [0.15, 0.2) is 0 Å². The van der Waals surface area contributed by atoms with Crippen molar-refractivity contribution in [1.82, 2.24) is 4.72 Å². The van der Waals surface area contributed by atoms with Gasteiger partial charge in [-0.05, 0) is 41.4 Å². The van der Waals surface area contributed by atoms with Crippen molar-refractivity contribution in [3.63, 3.8) is 0 Å². The normalized spacial score (nSPS) is 14.1. The summed E-state index contributed by atoms with van der Waals surface area (Å²) < 4.78 is 39.1. The third kappa shape index (κ3) is 3.51. The standard InChI is InChI=1S/C8H11BrFNO2S2/c1-5-3-7(9)14-8(5)15(12,13)11-4-6(2)10/h3,6,11H,4H2,1-2H3. The third-order valence-electron chi connectivity index (χ3n) is 1.64. The lowest BCUT2D eigenvalue weighted by Crippen LogP contribution is -2.28. The minimum absolute atomic E-state index is 0.197.